The zero-order chi connectivity index (χ0) is 14.5. The SMILES string of the molecule is CCOc1cncc(C(=O)c2ccc(OC)cc2F)c1. The molecule has 0 N–H and O–H groups in total. The monoisotopic (exact) mass is 275 g/mol. The van der Waals surface area contributed by atoms with Gasteiger partial charge in [0.05, 0.1) is 25.5 Å². The van der Waals surface area contributed by atoms with Crippen LogP contribution in [0.3, 0.4) is 0 Å². The summed E-state index contributed by atoms with van der Waals surface area (Å²) in [5.41, 5.74) is 0.251. The average Bonchev–Trinajstić information content (AvgIpc) is 2.47. The first-order chi connectivity index (χ1) is 9.65. The molecular weight excluding hydrogens is 261 g/mol. The molecule has 0 radical (unpaired) electrons. The molecule has 0 aliphatic heterocycles. The zero-order valence-electron chi connectivity index (χ0n) is 11.2. The minimum atomic E-state index is -0.629. The molecule has 0 amide bonds. The van der Waals surface area contributed by atoms with E-state index < -0.39 is 11.6 Å². The number of nitrogens with zero attached hydrogens (tertiary/aromatic N) is 1. The Balaban J connectivity index is 2.33. The van der Waals surface area contributed by atoms with E-state index in [1.54, 1.807) is 6.07 Å². The average molecular weight is 275 g/mol. The minimum absolute atomic E-state index is 0.0266. The van der Waals surface area contributed by atoms with Crippen molar-refractivity contribution in [3.8, 4) is 11.5 Å². The second kappa shape index (κ2) is 6.14. The Kier molecular flexibility index (Phi) is 4.30. The smallest absolute Gasteiger partial charge is 0.197 e. The Morgan fingerprint density at radius 1 is 1.25 bits per heavy atom. The van der Waals surface area contributed by atoms with Gasteiger partial charge >= 0.3 is 0 Å². The molecule has 0 fully saturated rings. The van der Waals surface area contributed by atoms with Gasteiger partial charge in [0.15, 0.2) is 5.78 Å². The molecule has 2 aromatic rings. The lowest BCUT2D eigenvalue weighted by Crippen LogP contribution is -2.06. The highest BCUT2D eigenvalue weighted by molar-refractivity contribution is 6.09. The third kappa shape index (κ3) is 2.93. The van der Waals surface area contributed by atoms with E-state index in [2.05, 4.69) is 4.98 Å². The maximum absolute atomic E-state index is 13.9. The second-order valence-corrected chi connectivity index (χ2v) is 4.02. The summed E-state index contributed by atoms with van der Waals surface area (Å²) in [6.07, 6.45) is 2.89. The Labute approximate surface area is 116 Å². The number of pyridine rings is 1. The van der Waals surface area contributed by atoms with Crippen LogP contribution in [0.25, 0.3) is 0 Å². The molecule has 0 atom stereocenters. The summed E-state index contributed by atoms with van der Waals surface area (Å²) in [7, 11) is 1.44. The van der Waals surface area contributed by atoms with Crippen molar-refractivity contribution < 1.29 is 18.7 Å². The Morgan fingerprint density at radius 2 is 2.05 bits per heavy atom. The van der Waals surface area contributed by atoms with Crippen molar-refractivity contribution in [2.75, 3.05) is 13.7 Å². The normalized spacial score (nSPS) is 10.2. The first-order valence-corrected chi connectivity index (χ1v) is 6.11. The summed E-state index contributed by atoms with van der Waals surface area (Å²) < 4.78 is 24.0. The lowest BCUT2D eigenvalue weighted by Gasteiger charge is -2.07. The number of carbonyl (C=O) groups is 1. The molecule has 0 aliphatic rings. The van der Waals surface area contributed by atoms with E-state index >= 15 is 0 Å². The maximum Gasteiger partial charge on any atom is 0.197 e. The molecule has 104 valence electrons. The number of hydrogen-bond acceptors (Lipinski definition) is 4. The van der Waals surface area contributed by atoms with Gasteiger partial charge in [-0.15, -0.1) is 0 Å². The Bertz CT molecular complexity index is 628. The summed E-state index contributed by atoms with van der Waals surface area (Å²) >= 11 is 0. The van der Waals surface area contributed by atoms with E-state index in [1.165, 1.54) is 37.7 Å². The molecule has 0 saturated heterocycles. The van der Waals surface area contributed by atoms with E-state index in [0.717, 1.165) is 0 Å². The van der Waals surface area contributed by atoms with Gasteiger partial charge in [-0.05, 0) is 25.1 Å². The van der Waals surface area contributed by atoms with Crippen molar-refractivity contribution >= 4 is 5.78 Å². The van der Waals surface area contributed by atoms with Crippen LogP contribution in [0.2, 0.25) is 0 Å². The zero-order valence-corrected chi connectivity index (χ0v) is 11.2. The van der Waals surface area contributed by atoms with E-state index in [0.29, 0.717) is 18.1 Å². The molecule has 1 heterocycles. The standard InChI is InChI=1S/C15H14FNO3/c1-3-20-12-6-10(8-17-9-12)15(18)13-5-4-11(19-2)7-14(13)16/h4-9H,3H2,1-2H3. The van der Waals surface area contributed by atoms with Crippen LogP contribution in [0, 0.1) is 5.82 Å². The van der Waals surface area contributed by atoms with Gasteiger partial charge in [0.25, 0.3) is 0 Å². The topological polar surface area (TPSA) is 48.4 Å². The summed E-state index contributed by atoms with van der Waals surface area (Å²) in [6.45, 7) is 2.30. The predicted octanol–water partition coefficient (Wildman–Crippen LogP) is 2.86. The first kappa shape index (κ1) is 14.0. The molecular formula is C15H14FNO3. The molecule has 1 aromatic heterocycles. The van der Waals surface area contributed by atoms with E-state index in [4.69, 9.17) is 9.47 Å². The number of aromatic nitrogens is 1. The van der Waals surface area contributed by atoms with Crippen molar-refractivity contribution in [3.05, 3.63) is 53.6 Å². The van der Waals surface area contributed by atoms with Crippen LogP contribution < -0.4 is 9.47 Å². The fourth-order valence-corrected chi connectivity index (χ4v) is 1.75. The third-order valence-electron chi connectivity index (χ3n) is 2.71. The highest BCUT2D eigenvalue weighted by atomic mass is 19.1. The molecule has 2 rings (SSSR count). The number of rotatable bonds is 5. The van der Waals surface area contributed by atoms with Crippen molar-refractivity contribution in [1.82, 2.24) is 4.98 Å². The molecule has 0 aliphatic carbocycles. The van der Waals surface area contributed by atoms with Crippen molar-refractivity contribution in [2.24, 2.45) is 0 Å². The van der Waals surface area contributed by atoms with Crippen molar-refractivity contribution in [3.63, 3.8) is 0 Å². The number of ketones is 1. The van der Waals surface area contributed by atoms with E-state index in [-0.39, 0.29) is 11.1 Å². The molecule has 0 bridgehead atoms. The molecule has 0 unspecified atom stereocenters. The number of benzene rings is 1. The molecule has 1 aromatic carbocycles. The fraction of sp³-hybridized carbons (Fsp3) is 0.200. The van der Waals surface area contributed by atoms with Crippen LogP contribution in [-0.4, -0.2) is 24.5 Å². The number of methoxy groups -OCH3 is 1. The number of halogens is 1. The van der Waals surface area contributed by atoms with Gasteiger partial charge in [0.2, 0.25) is 0 Å². The number of ether oxygens (including phenoxy) is 2. The quantitative estimate of drug-likeness (QED) is 0.787. The van der Waals surface area contributed by atoms with Crippen molar-refractivity contribution in [1.29, 1.82) is 0 Å². The first-order valence-electron chi connectivity index (χ1n) is 6.11. The van der Waals surface area contributed by atoms with Gasteiger partial charge in [-0.1, -0.05) is 0 Å². The molecule has 0 spiro atoms. The van der Waals surface area contributed by atoms with Gasteiger partial charge in [-0.3, -0.25) is 9.78 Å². The summed E-state index contributed by atoms with van der Waals surface area (Å²) in [5.74, 6) is -0.233. The minimum Gasteiger partial charge on any atom is -0.497 e. The molecule has 20 heavy (non-hydrogen) atoms. The van der Waals surface area contributed by atoms with Crippen LogP contribution >= 0.6 is 0 Å². The van der Waals surface area contributed by atoms with Gasteiger partial charge in [-0.2, -0.15) is 0 Å². The lowest BCUT2D eigenvalue weighted by molar-refractivity contribution is 0.103. The largest absolute Gasteiger partial charge is 0.497 e. The molecule has 4 nitrogen and oxygen atoms in total. The number of carbonyl (C=O) groups excluding carboxylic acids is 1. The number of hydrogen-bond donors (Lipinski definition) is 0. The van der Waals surface area contributed by atoms with E-state index in [1.807, 2.05) is 6.92 Å². The highest BCUT2D eigenvalue weighted by Gasteiger charge is 2.15. The molecule has 5 heteroatoms. The van der Waals surface area contributed by atoms with Gasteiger partial charge < -0.3 is 9.47 Å². The Morgan fingerprint density at radius 3 is 2.70 bits per heavy atom. The van der Waals surface area contributed by atoms with Gasteiger partial charge in [-0.25, -0.2) is 4.39 Å². The summed E-state index contributed by atoms with van der Waals surface area (Å²) in [5, 5.41) is 0. The van der Waals surface area contributed by atoms with Crippen molar-refractivity contribution in [2.45, 2.75) is 6.92 Å². The summed E-state index contributed by atoms with van der Waals surface area (Å²) in [4.78, 5) is 16.2. The van der Waals surface area contributed by atoms with Gasteiger partial charge in [0.1, 0.15) is 17.3 Å². The summed E-state index contributed by atoms with van der Waals surface area (Å²) in [6, 6.07) is 5.65. The van der Waals surface area contributed by atoms with Crippen LogP contribution in [0.1, 0.15) is 22.8 Å². The van der Waals surface area contributed by atoms with Crippen LogP contribution in [0.5, 0.6) is 11.5 Å². The van der Waals surface area contributed by atoms with E-state index in [9.17, 15) is 9.18 Å². The van der Waals surface area contributed by atoms with Crippen LogP contribution in [0.15, 0.2) is 36.7 Å². The molecule has 0 saturated carbocycles. The van der Waals surface area contributed by atoms with Crippen LogP contribution in [0.4, 0.5) is 4.39 Å². The highest BCUT2D eigenvalue weighted by Crippen LogP contribution is 2.20. The maximum atomic E-state index is 13.9. The Hall–Kier alpha value is -2.43. The fourth-order valence-electron chi connectivity index (χ4n) is 1.75. The lowest BCUT2D eigenvalue weighted by atomic mass is 10.0. The van der Waals surface area contributed by atoms with Crippen LogP contribution in [-0.2, 0) is 0 Å². The second-order valence-electron chi connectivity index (χ2n) is 4.02. The predicted molar refractivity (Wildman–Crippen MR) is 71.8 cm³/mol. The van der Waals surface area contributed by atoms with Gasteiger partial charge in [0, 0.05) is 17.8 Å². The third-order valence-corrected chi connectivity index (χ3v) is 2.71.